The molecule has 2 bridgehead atoms. The summed E-state index contributed by atoms with van der Waals surface area (Å²) in [6.07, 6.45) is 0.128. The van der Waals surface area contributed by atoms with E-state index in [9.17, 15) is 9.90 Å². The number of aliphatic carboxylic acids is 1. The van der Waals surface area contributed by atoms with Crippen LogP contribution in [0.1, 0.15) is 12.5 Å². The molecule has 1 atom stereocenters. The van der Waals surface area contributed by atoms with Gasteiger partial charge in [0.25, 0.3) is 0 Å². The number of benzene rings is 3. The van der Waals surface area contributed by atoms with Gasteiger partial charge in [0, 0.05) is 23.1 Å². The number of hydrogen-bond acceptors (Lipinski definition) is 4. The van der Waals surface area contributed by atoms with Gasteiger partial charge in [0.1, 0.15) is 17.0 Å². The predicted molar refractivity (Wildman–Crippen MR) is 107 cm³/mol. The normalized spacial score (nSPS) is 14.5. The molecule has 2 aliphatic rings. The monoisotopic (exact) mass is 375 g/mol. The van der Waals surface area contributed by atoms with Gasteiger partial charge in [0.15, 0.2) is 0 Å². The zero-order valence-corrected chi connectivity index (χ0v) is 15.5. The van der Waals surface area contributed by atoms with Crippen molar-refractivity contribution >= 4 is 5.97 Å². The summed E-state index contributed by atoms with van der Waals surface area (Å²) in [6.45, 7) is 1.57. The van der Waals surface area contributed by atoms with E-state index in [1.54, 1.807) is 0 Å². The predicted octanol–water partition coefficient (Wildman–Crippen LogP) is 4.09. The number of fused-ring (bicyclic) bond motifs is 4. The Morgan fingerprint density at radius 1 is 1.00 bits per heavy atom. The third-order valence-electron chi connectivity index (χ3n) is 4.91. The van der Waals surface area contributed by atoms with Crippen LogP contribution in [0.25, 0.3) is 22.3 Å². The molecule has 142 valence electrons. The second kappa shape index (κ2) is 7.02. The highest BCUT2D eigenvalue weighted by molar-refractivity contribution is 5.93. The van der Waals surface area contributed by atoms with Gasteiger partial charge in [0.2, 0.25) is 6.79 Å². The van der Waals surface area contributed by atoms with E-state index in [-0.39, 0.29) is 13.2 Å². The summed E-state index contributed by atoms with van der Waals surface area (Å²) in [7, 11) is 0. The summed E-state index contributed by atoms with van der Waals surface area (Å²) in [4.78, 5) is 11.6. The molecule has 3 aromatic rings. The maximum absolute atomic E-state index is 11.6. The van der Waals surface area contributed by atoms with Crippen LogP contribution in [0.4, 0.5) is 0 Å². The molecule has 3 N–H and O–H groups in total. The Bertz CT molecular complexity index is 1010. The van der Waals surface area contributed by atoms with Gasteiger partial charge in [-0.2, -0.15) is 0 Å². The molecular formula is C23H21NO4. The van der Waals surface area contributed by atoms with E-state index in [0.29, 0.717) is 11.5 Å². The number of carboxylic acids is 1. The largest absolute Gasteiger partial charge is 0.480 e. The molecule has 2 aliphatic heterocycles. The Morgan fingerprint density at radius 3 is 2.14 bits per heavy atom. The van der Waals surface area contributed by atoms with Gasteiger partial charge in [-0.3, -0.25) is 4.79 Å². The topological polar surface area (TPSA) is 81.8 Å². The second-order valence-corrected chi connectivity index (χ2v) is 7.15. The van der Waals surface area contributed by atoms with Crippen LogP contribution in [-0.2, 0) is 11.2 Å². The first kappa shape index (κ1) is 18.1. The lowest BCUT2D eigenvalue weighted by atomic mass is 9.86. The fourth-order valence-electron chi connectivity index (χ4n) is 3.50. The van der Waals surface area contributed by atoms with Crippen LogP contribution in [0.5, 0.6) is 11.5 Å². The molecule has 5 heteroatoms. The molecule has 0 spiro atoms. The van der Waals surface area contributed by atoms with Gasteiger partial charge in [-0.15, -0.1) is 0 Å². The highest BCUT2D eigenvalue weighted by Gasteiger charge is 2.33. The number of rotatable bonds is 5. The lowest BCUT2D eigenvalue weighted by Gasteiger charge is -2.22. The van der Waals surface area contributed by atoms with Crippen LogP contribution in [0.3, 0.4) is 0 Å². The van der Waals surface area contributed by atoms with E-state index < -0.39 is 11.5 Å². The van der Waals surface area contributed by atoms with Crippen molar-refractivity contribution in [1.29, 1.82) is 0 Å². The lowest BCUT2D eigenvalue weighted by molar-refractivity contribution is -0.142. The van der Waals surface area contributed by atoms with Crippen molar-refractivity contribution in [3.63, 3.8) is 0 Å². The van der Waals surface area contributed by atoms with Gasteiger partial charge in [-0.25, -0.2) is 0 Å². The molecule has 0 radical (unpaired) electrons. The molecule has 5 nitrogen and oxygen atoms in total. The standard InChI is InChI=1S/C23H21NO4/c1-23(24,22(25)26)13-17-12-18-19(15-8-4-2-5-9-15)20(21(17)28-14-27-18)16-10-6-3-7-11-16/h2-12H,13-14,24H2,1H3,(H,25,26)/t23-/m0/s1. The smallest absolute Gasteiger partial charge is 0.323 e. The van der Waals surface area contributed by atoms with Crippen molar-refractivity contribution in [3.05, 3.63) is 72.3 Å². The maximum atomic E-state index is 11.6. The molecule has 5 rings (SSSR count). The van der Waals surface area contributed by atoms with Crippen molar-refractivity contribution in [3.8, 4) is 33.8 Å². The summed E-state index contributed by atoms with van der Waals surface area (Å²) < 4.78 is 11.8. The van der Waals surface area contributed by atoms with Crippen LogP contribution in [0.15, 0.2) is 66.7 Å². The fraction of sp³-hybridized carbons (Fsp3) is 0.174. The van der Waals surface area contributed by atoms with Gasteiger partial charge in [-0.1, -0.05) is 60.7 Å². The Hall–Kier alpha value is -3.31. The van der Waals surface area contributed by atoms with E-state index >= 15 is 0 Å². The average molecular weight is 375 g/mol. The van der Waals surface area contributed by atoms with Crippen LogP contribution >= 0.6 is 0 Å². The highest BCUT2D eigenvalue weighted by atomic mass is 16.7. The van der Waals surface area contributed by atoms with Crippen molar-refractivity contribution < 1.29 is 19.4 Å². The van der Waals surface area contributed by atoms with Gasteiger partial charge < -0.3 is 20.3 Å². The van der Waals surface area contributed by atoms with Crippen molar-refractivity contribution in [2.75, 3.05) is 6.79 Å². The van der Waals surface area contributed by atoms with Gasteiger partial charge in [0.05, 0.1) is 0 Å². The molecule has 28 heavy (non-hydrogen) atoms. The first-order chi connectivity index (χ1) is 13.5. The first-order valence-electron chi connectivity index (χ1n) is 9.06. The quantitative estimate of drug-likeness (QED) is 0.702. The number of nitrogens with two attached hydrogens (primary N) is 1. The van der Waals surface area contributed by atoms with Crippen molar-refractivity contribution in [1.82, 2.24) is 0 Å². The third-order valence-corrected chi connectivity index (χ3v) is 4.91. The summed E-state index contributed by atoms with van der Waals surface area (Å²) >= 11 is 0. The van der Waals surface area contributed by atoms with E-state index in [2.05, 4.69) is 0 Å². The second-order valence-electron chi connectivity index (χ2n) is 7.15. The maximum Gasteiger partial charge on any atom is 0.323 e. The number of hydrogen-bond donors (Lipinski definition) is 2. The Labute approximate surface area is 163 Å². The van der Waals surface area contributed by atoms with Crippen molar-refractivity contribution in [2.45, 2.75) is 18.9 Å². The summed E-state index contributed by atoms with van der Waals surface area (Å²) in [6, 6.07) is 21.7. The van der Waals surface area contributed by atoms with Crippen LogP contribution in [0.2, 0.25) is 0 Å². The lowest BCUT2D eigenvalue weighted by Crippen LogP contribution is -2.46. The molecule has 0 fully saturated rings. The van der Waals surface area contributed by atoms with E-state index in [0.717, 1.165) is 27.8 Å². The minimum absolute atomic E-state index is 0.0612. The third kappa shape index (κ3) is 3.21. The molecule has 0 saturated carbocycles. The minimum atomic E-state index is -1.41. The van der Waals surface area contributed by atoms with Gasteiger partial charge >= 0.3 is 5.97 Å². The molecule has 0 amide bonds. The first-order valence-corrected chi connectivity index (χ1v) is 9.06. The number of ether oxygens (including phenoxy) is 2. The fourth-order valence-corrected chi connectivity index (χ4v) is 3.50. The van der Waals surface area contributed by atoms with E-state index in [4.69, 9.17) is 15.2 Å². The average Bonchev–Trinajstić information content (AvgIpc) is 3.00. The zero-order chi connectivity index (χ0) is 19.7. The van der Waals surface area contributed by atoms with Crippen molar-refractivity contribution in [2.24, 2.45) is 5.73 Å². The van der Waals surface area contributed by atoms with Crippen LogP contribution in [-0.4, -0.2) is 23.4 Å². The van der Waals surface area contributed by atoms with E-state index in [1.165, 1.54) is 6.92 Å². The Morgan fingerprint density at radius 2 is 1.57 bits per heavy atom. The zero-order valence-electron chi connectivity index (χ0n) is 15.5. The van der Waals surface area contributed by atoms with E-state index in [1.807, 2.05) is 66.7 Å². The molecule has 0 saturated heterocycles. The number of carbonyl (C=O) groups is 1. The summed E-state index contributed by atoms with van der Waals surface area (Å²) in [5.41, 5.74) is 9.12. The molecule has 2 heterocycles. The van der Waals surface area contributed by atoms with Gasteiger partial charge in [-0.05, 0) is 24.1 Å². The molecular weight excluding hydrogens is 354 g/mol. The van der Waals surface area contributed by atoms with Crippen LogP contribution in [0, 0.1) is 0 Å². The highest BCUT2D eigenvalue weighted by Crippen LogP contribution is 2.49. The van der Waals surface area contributed by atoms with Crippen LogP contribution < -0.4 is 15.2 Å². The number of carboxylic acid groups (broad SMARTS) is 1. The SMILES string of the molecule is C[C@](N)(Cc1cc2c(-c3ccccc3)c(-c3ccccc3)c1OCO2)C(=O)O. The Balaban J connectivity index is 1.99. The minimum Gasteiger partial charge on any atom is -0.480 e. The Kier molecular flexibility index (Phi) is 4.53. The molecule has 3 aromatic carbocycles. The summed E-state index contributed by atoms with van der Waals surface area (Å²) in [5, 5.41) is 9.47. The molecule has 0 unspecified atom stereocenters. The molecule has 0 aromatic heterocycles. The molecule has 0 aliphatic carbocycles. The summed E-state index contributed by atoms with van der Waals surface area (Å²) in [5.74, 6) is 0.209.